The highest BCUT2D eigenvalue weighted by molar-refractivity contribution is 6.01. The van der Waals surface area contributed by atoms with Gasteiger partial charge >= 0.3 is 0 Å². The van der Waals surface area contributed by atoms with E-state index in [9.17, 15) is 4.79 Å². The Balaban J connectivity index is 1.99. The first kappa shape index (κ1) is 17.4. The molecule has 0 aliphatic heterocycles. The first-order chi connectivity index (χ1) is 12.7. The van der Waals surface area contributed by atoms with Crippen molar-refractivity contribution in [2.75, 3.05) is 19.2 Å². The van der Waals surface area contributed by atoms with Gasteiger partial charge in [0.15, 0.2) is 0 Å². The molecular weight excluding hydrogens is 328 g/mol. The van der Waals surface area contributed by atoms with E-state index in [1.165, 1.54) is 14.2 Å². The third-order valence-electron chi connectivity index (χ3n) is 3.90. The average molecular weight is 348 g/mol. The van der Waals surface area contributed by atoms with Gasteiger partial charge in [-0.15, -0.1) is 0 Å². The number of nitrogens with zero attached hydrogens (tertiary/aromatic N) is 1. The van der Waals surface area contributed by atoms with Crippen molar-refractivity contribution in [2.24, 2.45) is 0 Å². The molecule has 0 saturated carbocycles. The molecule has 0 fully saturated rings. The van der Waals surface area contributed by atoms with Gasteiger partial charge < -0.3 is 9.47 Å². The van der Waals surface area contributed by atoms with E-state index in [4.69, 9.17) is 9.47 Å². The Labute approximate surface area is 152 Å². The zero-order valence-electron chi connectivity index (χ0n) is 14.7. The summed E-state index contributed by atoms with van der Waals surface area (Å²) in [6.07, 6.45) is 0. The number of nitrogens with one attached hydrogen (secondary N) is 1. The summed E-state index contributed by atoms with van der Waals surface area (Å²) >= 11 is 0. The van der Waals surface area contributed by atoms with Gasteiger partial charge in [0.05, 0.1) is 25.6 Å². The molecule has 0 aliphatic carbocycles. The van der Waals surface area contributed by atoms with Crippen LogP contribution < -0.4 is 19.9 Å². The quantitative estimate of drug-likeness (QED) is 0.679. The summed E-state index contributed by atoms with van der Waals surface area (Å²) in [6.45, 7) is 0. The van der Waals surface area contributed by atoms with Gasteiger partial charge in [0.25, 0.3) is 5.91 Å². The fourth-order valence-electron chi connectivity index (χ4n) is 2.66. The highest BCUT2D eigenvalue weighted by atomic mass is 16.5. The number of ether oxygens (including phenoxy) is 2. The Morgan fingerprint density at radius 1 is 0.731 bits per heavy atom. The van der Waals surface area contributed by atoms with E-state index in [0.717, 1.165) is 11.4 Å². The second-order valence-corrected chi connectivity index (χ2v) is 5.48. The van der Waals surface area contributed by atoms with Crippen LogP contribution in [0.4, 0.5) is 11.4 Å². The van der Waals surface area contributed by atoms with Crippen LogP contribution in [0.3, 0.4) is 0 Å². The third kappa shape index (κ3) is 3.62. The summed E-state index contributed by atoms with van der Waals surface area (Å²) in [5.74, 6) is 0.567. The highest BCUT2D eigenvalue weighted by Crippen LogP contribution is 2.29. The maximum Gasteiger partial charge on any atom is 0.277 e. The van der Waals surface area contributed by atoms with Crippen LogP contribution in [-0.2, 0) is 0 Å². The summed E-state index contributed by atoms with van der Waals surface area (Å²) in [5, 5.41) is 1.73. The number of rotatable bonds is 6. The van der Waals surface area contributed by atoms with E-state index < -0.39 is 0 Å². The highest BCUT2D eigenvalue weighted by Gasteiger charge is 2.21. The minimum absolute atomic E-state index is 0.327. The molecule has 26 heavy (non-hydrogen) atoms. The van der Waals surface area contributed by atoms with E-state index in [2.05, 4.69) is 5.43 Å². The van der Waals surface area contributed by atoms with Crippen LogP contribution in [-0.4, -0.2) is 20.1 Å². The smallest absolute Gasteiger partial charge is 0.277 e. The molecule has 3 aromatic carbocycles. The van der Waals surface area contributed by atoms with Crippen molar-refractivity contribution in [3.8, 4) is 11.5 Å². The van der Waals surface area contributed by atoms with Crippen molar-refractivity contribution in [1.29, 1.82) is 0 Å². The van der Waals surface area contributed by atoms with Crippen molar-refractivity contribution >= 4 is 17.3 Å². The second-order valence-electron chi connectivity index (χ2n) is 5.48. The number of methoxy groups -OCH3 is 2. The Bertz CT molecular complexity index is 805. The minimum atomic E-state index is -0.327. The summed E-state index contributed by atoms with van der Waals surface area (Å²) in [7, 11) is 3.05. The van der Waals surface area contributed by atoms with Crippen molar-refractivity contribution in [1.82, 2.24) is 5.43 Å². The zero-order chi connectivity index (χ0) is 18.4. The van der Waals surface area contributed by atoms with Crippen LogP contribution in [0.25, 0.3) is 0 Å². The fourth-order valence-corrected chi connectivity index (χ4v) is 2.66. The van der Waals surface area contributed by atoms with E-state index in [-0.39, 0.29) is 5.91 Å². The molecular formula is C21H20N2O3. The number of hydrazine groups is 1. The summed E-state index contributed by atoms with van der Waals surface area (Å²) in [5.41, 5.74) is 4.96. The molecule has 1 N–H and O–H groups in total. The van der Waals surface area contributed by atoms with E-state index in [1.807, 2.05) is 60.7 Å². The molecule has 132 valence electrons. The molecule has 0 bridgehead atoms. The lowest BCUT2D eigenvalue weighted by molar-refractivity contribution is 0.0947. The first-order valence-electron chi connectivity index (χ1n) is 8.17. The third-order valence-corrected chi connectivity index (χ3v) is 3.90. The van der Waals surface area contributed by atoms with Gasteiger partial charge in [-0.1, -0.05) is 42.5 Å². The monoisotopic (exact) mass is 348 g/mol. The van der Waals surface area contributed by atoms with E-state index >= 15 is 0 Å². The lowest BCUT2D eigenvalue weighted by Gasteiger charge is -2.26. The van der Waals surface area contributed by atoms with Gasteiger partial charge in [0.1, 0.15) is 17.1 Å². The van der Waals surface area contributed by atoms with Crippen molar-refractivity contribution < 1.29 is 14.3 Å². The molecule has 1 amide bonds. The Kier molecular flexibility index (Phi) is 5.39. The molecule has 0 saturated heterocycles. The van der Waals surface area contributed by atoms with Crippen LogP contribution >= 0.6 is 0 Å². The van der Waals surface area contributed by atoms with E-state index in [0.29, 0.717) is 17.1 Å². The normalized spacial score (nSPS) is 10.1. The number of hydrogen-bond acceptors (Lipinski definition) is 4. The van der Waals surface area contributed by atoms with Gasteiger partial charge in [-0.05, 0) is 36.4 Å². The maximum absolute atomic E-state index is 13.0. The average Bonchev–Trinajstić information content (AvgIpc) is 2.72. The van der Waals surface area contributed by atoms with Crippen LogP contribution in [0.15, 0.2) is 78.9 Å². The summed E-state index contributed by atoms with van der Waals surface area (Å²) in [4.78, 5) is 13.0. The number of carbonyl (C=O) groups excluding carboxylic acids is 1. The predicted octanol–water partition coefficient (Wildman–Crippen LogP) is 4.19. The van der Waals surface area contributed by atoms with Crippen molar-refractivity contribution in [3.05, 3.63) is 84.4 Å². The fraction of sp³-hybridized carbons (Fsp3) is 0.0952. The number of hydrogen-bond donors (Lipinski definition) is 1. The zero-order valence-corrected chi connectivity index (χ0v) is 14.7. The van der Waals surface area contributed by atoms with Crippen LogP contribution in [0.5, 0.6) is 11.5 Å². The molecule has 3 rings (SSSR count). The standard InChI is InChI=1S/C21H20N2O3/c1-25-18-14-9-15-19(26-2)20(18)21(24)22-23(16-10-5-3-6-11-16)17-12-7-4-8-13-17/h3-15H,1-2H3,(H,22,24). The van der Waals surface area contributed by atoms with Gasteiger partial charge in [0, 0.05) is 0 Å². The Hall–Kier alpha value is -3.47. The number of anilines is 2. The Morgan fingerprint density at radius 3 is 1.62 bits per heavy atom. The molecule has 0 aromatic heterocycles. The Morgan fingerprint density at radius 2 is 1.19 bits per heavy atom. The summed E-state index contributed by atoms with van der Waals surface area (Å²) < 4.78 is 10.7. The molecule has 0 aliphatic rings. The van der Waals surface area contributed by atoms with Crippen molar-refractivity contribution in [3.63, 3.8) is 0 Å². The largest absolute Gasteiger partial charge is 0.496 e. The lowest BCUT2D eigenvalue weighted by Crippen LogP contribution is -2.39. The van der Waals surface area contributed by atoms with Crippen LogP contribution in [0.2, 0.25) is 0 Å². The molecule has 0 spiro atoms. The van der Waals surface area contributed by atoms with Gasteiger partial charge in [-0.25, -0.2) is 0 Å². The first-order valence-corrected chi connectivity index (χ1v) is 8.17. The van der Waals surface area contributed by atoms with Crippen LogP contribution in [0, 0.1) is 0 Å². The van der Waals surface area contributed by atoms with Gasteiger partial charge in [-0.2, -0.15) is 0 Å². The van der Waals surface area contributed by atoms with E-state index in [1.54, 1.807) is 23.2 Å². The maximum atomic E-state index is 13.0. The lowest BCUT2D eigenvalue weighted by atomic mass is 10.1. The number of amides is 1. The second kappa shape index (κ2) is 8.07. The molecule has 5 nitrogen and oxygen atoms in total. The van der Waals surface area contributed by atoms with Crippen LogP contribution in [0.1, 0.15) is 10.4 Å². The molecule has 5 heteroatoms. The minimum Gasteiger partial charge on any atom is -0.496 e. The SMILES string of the molecule is COc1cccc(OC)c1C(=O)NN(c1ccccc1)c1ccccc1. The molecule has 3 aromatic rings. The number of carbonyl (C=O) groups is 1. The number of benzene rings is 3. The topological polar surface area (TPSA) is 50.8 Å². The predicted molar refractivity (Wildman–Crippen MR) is 102 cm³/mol. The molecule has 0 heterocycles. The number of para-hydroxylation sites is 2. The molecule has 0 atom stereocenters. The van der Waals surface area contributed by atoms with Crippen molar-refractivity contribution in [2.45, 2.75) is 0 Å². The van der Waals surface area contributed by atoms with Gasteiger partial charge in [-0.3, -0.25) is 15.2 Å². The molecule has 0 unspecified atom stereocenters. The molecule has 0 radical (unpaired) electrons. The summed E-state index contributed by atoms with van der Waals surface area (Å²) in [6, 6.07) is 24.5. The van der Waals surface area contributed by atoms with Gasteiger partial charge in [0.2, 0.25) is 0 Å².